The zero-order valence-electron chi connectivity index (χ0n) is 11.4. The van der Waals surface area contributed by atoms with Crippen LogP contribution >= 0.6 is 0 Å². The SMILES string of the molecule is Cc1cccc(C(=O)NCC2CCCCC2N)c1O. The molecule has 4 nitrogen and oxygen atoms in total. The van der Waals surface area contributed by atoms with Crippen LogP contribution in [-0.4, -0.2) is 23.6 Å². The van der Waals surface area contributed by atoms with E-state index < -0.39 is 0 Å². The second-order valence-corrected chi connectivity index (χ2v) is 5.39. The minimum absolute atomic E-state index is 0.0629. The van der Waals surface area contributed by atoms with Crippen molar-refractivity contribution < 1.29 is 9.90 Å². The summed E-state index contributed by atoms with van der Waals surface area (Å²) in [7, 11) is 0. The van der Waals surface area contributed by atoms with Gasteiger partial charge in [0.05, 0.1) is 5.56 Å². The maximum atomic E-state index is 12.1. The zero-order chi connectivity index (χ0) is 13.8. The van der Waals surface area contributed by atoms with E-state index in [1.165, 1.54) is 12.8 Å². The predicted octanol–water partition coefficient (Wildman–Crippen LogP) is 1.95. The molecular formula is C15H22N2O2. The number of rotatable bonds is 3. The average Bonchev–Trinajstić information content (AvgIpc) is 2.40. The number of hydrogen-bond acceptors (Lipinski definition) is 3. The molecule has 1 saturated carbocycles. The largest absolute Gasteiger partial charge is 0.507 e. The lowest BCUT2D eigenvalue weighted by atomic mass is 9.85. The average molecular weight is 262 g/mol. The van der Waals surface area contributed by atoms with Crippen molar-refractivity contribution in [2.75, 3.05) is 6.54 Å². The maximum absolute atomic E-state index is 12.1. The molecular weight excluding hydrogens is 240 g/mol. The van der Waals surface area contributed by atoms with E-state index in [0.29, 0.717) is 23.6 Å². The van der Waals surface area contributed by atoms with Gasteiger partial charge in [0.25, 0.3) is 5.91 Å². The topological polar surface area (TPSA) is 75.4 Å². The molecule has 1 aliphatic rings. The van der Waals surface area contributed by atoms with E-state index in [4.69, 9.17) is 5.73 Å². The third-order valence-corrected chi connectivity index (χ3v) is 3.98. The van der Waals surface area contributed by atoms with E-state index in [9.17, 15) is 9.90 Å². The third-order valence-electron chi connectivity index (χ3n) is 3.98. The van der Waals surface area contributed by atoms with Crippen molar-refractivity contribution in [2.24, 2.45) is 11.7 Å². The van der Waals surface area contributed by atoms with Gasteiger partial charge in [-0.2, -0.15) is 0 Å². The van der Waals surface area contributed by atoms with Gasteiger partial charge in [0, 0.05) is 12.6 Å². The van der Waals surface area contributed by atoms with Crippen molar-refractivity contribution in [3.8, 4) is 5.75 Å². The van der Waals surface area contributed by atoms with Crippen LogP contribution in [0.2, 0.25) is 0 Å². The number of aromatic hydroxyl groups is 1. The second kappa shape index (κ2) is 6.06. The van der Waals surface area contributed by atoms with E-state index in [-0.39, 0.29) is 17.7 Å². The van der Waals surface area contributed by atoms with Crippen LogP contribution in [0.5, 0.6) is 5.75 Å². The smallest absolute Gasteiger partial charge is 0.255 e. The fourth-order valence-electron chi connectivity index (χ4n) is 2.65. The van der Waals surface area contributed by atoms with Crippen LogP contribution in [-0.2, 0) is 0 Å². The Balaban J connectivity index is 1.95. The zero-order valence-corrected chi connectivity index (χ0v) is 11.4. The Morgan fingerprint density at radius 2 is 2.16 bits per heavy atom. The molecule has 0 aromatic heterocycles. The van der Waals surface area contributed by atoms with E-state index in [2.05, 4.69) is 5.32 Å². The van der Waals surface area contributed by atoms with Gasteiger partial charge in [0.15, 0.2) is 0 Å². The van der Waals surface area contributed by atoms with Crippen LogP contribution in [0.1, 0.15) is 41.6 Å². The van der Waals surface area contributed by atoms with Gasteiger partial charge in [-0.3, -0.25) is 4.79 Å². The Morgan fingerprint density at radius 1 is 1.42 bits per heavy atom. The Bertz CT molecular complexity index is 459. The van der Waals surface area contributed by atoms with Crippen LogP contribution in [0.15, 0.2) is 18.2 Å². The molecule has 4 heteroatoms. The van der Waals surface area contributed by atoms with Gasteiger partial charge >= 0.3 is 0 Å². The van der Waals surface area contributed by atoms with Gasteiger partial charge in [-0.05, 0) is 37.3 Å². The molecule has 0 saturated heterocycles. The van der Waals surface area contributed by atoms with Crippen LogP contribution in [0, 0.1) is 12.8 Å². The highest BCUT2D eigenvalue weighted by atomic mass is 16.3. The summed E-state index contributed by atoms with van der Waals surface area (Å²) in [5.41, 5.74) is 7.10. The molecule has 1 aliphatic carbocycles. The number of phenolic OH excluding ortho intramolecular Hbond substituents is 1. The lowest BCUT2D eigenvalue weighted by molar-refractivity contribution is 0.0938. The normalized spacial score (nSPS) is 23.1. The molecule has 1 fully saturated rings. The van der Waals surface area contributed by atoms with Crippen molar-refractivity contribution in [1.29, 1.82) is 0 Å². The Kier molecular flexibility index (Phi) is 4.43. The van der Waals surface area contributed by atoms with Crippen LogP contribution < -0.4 is 11.1 Å². The first-order valence-electron chi connectivity index (χ1n) is 6.92. The molecule has 1 aromatic carbocycles. The molecule has 0 bridgehead atoms. The first kappa shape index (κ1) is 13.9. The monoisotopic (exact) mass is 262 g/mol. The maximum Gasteiger partial charge on any atom is 0.255 e. The summed E-state index contributed by atoms with van der Waals surface area (Å²) < 4.78 is 0. The molecule has 1 amide bonds. The number of aryl methyl sites for hydroxylation is 1. The van der Waals surface area contributed by atoms with Crippen molar-refractivity contribution in [1.82, 2.24) is 5.32 Å². The van der Waals surface area contributed by atoms with Gasteiger partial charge in [-0.1, -0.05) is 25.0 Å². The number of para-hydroxylation sites is 1. The molecule has 0 heterocycles. The minimum Gasteiger partial charge on any atom is -0.507 e. The molecule has 0 spiro atoms. The van der Waals surface area contributed by atoms with Crippen LogP contribution in [0.25, 0.3) is 0 Å². The Morgan fingerprint density at radius 3 is 2.89 bits per heavy atom. The van der Waals surface area contributed by atoms with Gasteiger partial charge < -0.3 is 16.2 Å². The van der Waals surface area contributed by atoms with E-state index in [1.807, 2.05) is 0 Å². The van der Waals surface area contributed by atoms with Crippen molar-refractivity contribution in [3.05, 3.63) is 29.3 Å². The van der Waals surface area contributed by atoms with Gasteiger partial charge in [-0.15, -0.1) is 0 Å². The van der Waals surface area contributed by atoms with Gasteiger partial charge in [-0.25, -0.2) is 0 Å². The number of benzene rings is 1. The summed E-state index contributed by atoms with van der Waals surface area (Å²) in [5.74, 6) is 0.191. The highest BCUT2D eigenvalue weighted by Gasteiger charge is 2.22. The third kappa shape index (κ3) is 3.26. The Labute approximate surface area is 114 Å². The van der Waals surface area contributed by atoms with Gasteiger partial charge in [0.2, 0.25) is 0 Å². The molecule has 1 aromatic rings. The van der Waals surface area contributed by atoms with Gasteiger partial charge in [0.1, 0.15) is 5.75 Å². The first-order valence-corrected chi connectivity index (χ1v) is 6.92. The number of nitrogens with two attached hydrogens (primary N) is 1. The predicted molar refractivity (Wildman–Crippen MR) is 75.1 cm³/mol. The summed E-state index contributed by atoms with van der Waals surface area (Å²) in [6.45, 7) is 2.37. The highest BCUT2D eigenvalue weighted by Crippen LogP contribution is 2.23. The lowest BCUT2D eigenvalue weighted by Gasteiger charge is -2.28. The molecule has 19 heavy (non-hydrogen) atoms. The minimum atomic E-state index is -0.223. The quantitative estimate of drug-likeness (QED) is 0.779. The Hall–Kier alpha value is -1.55. The van der Waals surface area contributed by atoms with E-state index >= 15 is 0 Å². The summed E-state index contributed by atoms with van der Waals surface area (Å²) in [4.78, 5) is 12.1. The number of amides is 1. The number of hydrogen-bond donors (Lipinski definition) is 3. The second-order valence-electron chi connectivity index (χ2n) is 5.39. The number of carbonyl (C=O) groups is 1. The number of nitrogens with one attached hydrogen (secondary N) is 1. The summed E-state index contributed by atoms with van der Waals surface area (Å²) in [5, 5.41) is 12.8. The standard InChI is InChI=1S/C15H22N2O2/c1-10-5-4-7-12(14(10)18)15(19)17-9-11-6-2-3-8-13(11)16/h4-5,7,11,13,18H,2-3,6,8-9,16H2,1H3,(H,17,19). The molecule has 4 N–H and O–H groups in total. The number of carbonyl (C=O) groups excluding carboxylic acids is 1. The fraction of sp³-hybridized carbons (Fsp3) is 0.533. The van der Waals surface area contributed by atoms with Crippen molar-refractivity contribution >= 4 is 5.91 Å². The van der Waals surface area contributed by atoms with Crippen LogP contribution in [0.4, 0.5) is 0 Å². The van der Waals surface area contributed by atoms with Crippen LogP contribution in [0.3, 0.4) is 0 Å². The summed E-state index contributed by atoms with van der Waals surface area (Å²) >= 11 is 0. The fourth-order valence-corrected chi connectivity index (χ4v) is 2.65. The highest BCUT2D eigenvalue weighted by molar-refractivity contribution is 5.97. The van der Waals surface area contributed by atoms with E-state index in [0.717, 1.165) is 12.8 Å². The lowest BCUT2D eigenvalue weighted by Crippen LogP contribution is -2.41. The van der Waals surface area contributed by atoms with Crippen molar-refractivity contribution in [2.45, 2.75) is 38.6 Å². The number of phenols is 1. The molecule has 0 aliphatic heterocycles. The first-order chi connectivity index (χ1) is 9.09. The molecule has 2 unspecified atom stereocenters. The molecule has 0 radical (unpaired) electrons. The summed E-state index contributed by atoms with van der Waals surface area (Å²) in [6.07, 6.45) is 4.48. The molecule has 104 valence electrons. The summed E-state index contributed by atoms with van der Waals surface area (Å²) in [6, 6.07) is 5.37. The van der Waals surface area contributed by atoms with E-state index in [1.54, 1.807) is 25.1 Å². The molecule has 2 rings (SSSR count). The van der Waals surface area contributed by atoms with Crippen molar-refractivity contribution in [3.63, 3.8) is 0 Å². The molecule has 2 atom stereocenters.